The Morgan fingerprint density at radius 3 is 2.63 bits per heavy atom. The van der Waals surface area contributed by atoms with Gasteiger partial charge in [0.15, 0.2) is 5.16 Å². The van der Waals surface area contributed by atoms with Crippen molar-refractivity contribution in [2.75, 3.05) is 18.2 Å². The van der Waals surface area contributed by atoms with Crippen LogP contribution in [0.1, 0.15) is 25.3 Å². The third-order valence-electron chi connectivity index (χ3n) is 4.06. The van der Waals surface area contributed by atoms with Crippen molar-refractivity contribution in [3.8, 4) is 11.4 Å². The number of hydrogen-bond donors (Lipinski definition) is 1. The van der Waals surface area contributed by atoms with Crippen LogP contribution >= 0.6 is 11.8 Å². The van der Waals surface area contributed by atoms with E-state index in [0.717, 1.165) is 22.7 Å². The van der Waals surface area contributed by atoms with Crippen LogP contribution in [0.4, 0.5) is 5.69 Å². The van der Waals surface area contributed by atoms with E-state index in [1.807, 2.05) is 53.1 Å². The number of carbonyl (C=O) groups is 1. The van der Waals surface area contributed by atoms with E-state index < -0.39 is 0 Å². The number of methoxy groups -OCH3 is 1. The summed E-state index contributed by atoms with van der Waals surface area (Å²) in [4.78, 5) is 12.4. The Bertz CT molecular complexity index is 906. The molecule has 0 spiro atoms. The molecular formula is C20H22N4O2S. The first-order chi connectivity index (χ1) is 13.1. The van der Waals surface area contributed by atoms with Gasteiger partial charge in [0.2, 0.25) is 5.91 Å². The summed E-state index contributed by atoms with van der Waals surface area (Å²) in [7, 11) is 1.63. The minimum absolute atomic E-state index is 0.0719. The predicted molar refractivity (Wildman–Crippen MR) is 108 cm³/mol. The van der Waals surface area contributed by atoms with E-state index in [4.69, 9.17) is 4.74 Å². The molecule has 0 aliphatic rings. The van der Waals surface area contributed by atoms with Gasteiger partial charge in [0.25, 0.3) is 0 Å². The number of rotatable bonds is 7. The Kier molecular flexibility index (Phi) is 6.13. The first-order valence-corrected chi connectivity index (χ1v) is 9.63. The van der Waals surface area contributed by atoms with Crippen molar-refractivity contribution in [2.24, 2.45) is 0 Å². The number of nitrogens with one attached hydrogen (secondary N) is 1. The fourth-order valence-electron chi connectivity index (χ4n) is 2.67. The number of anilines is 1. The number of amides is 1. The molecule has 2 aromatic carbocycles. The lowest BCUT2D eigenvalue weighted by molar-refractivity contribution is -0.113. The first-order valence-electron chi connectivity index (χ1n) is 8.64. The summed E-state index contributed by atoms with van der Waals surface area (Å²) in [6.45, 7) is 4.22. The fourth-order valence-corrected chi connectivity index (χ4v) is 3.40. The van der Waals surface area contributed by atoms with Crippen molar-refractivity contribution in [1.82, 2.24) is 14.8 Å². The molecule has 0 radical (unpaired) electrons. The molecule has 7 heteroatoms. The maximum absolute atomic E-state index is 12.4. The van der Waals surface area contributed by atoms with Gasteiger partial charge in [0.1, 0.15) is 12.1 Å². The molecule has 0 fully saturated rings. The molecule has 0 aliphatic carbocycles. The highest BCUT2D eigenvalue weighted by atomic mass is 32.2. The molecule has 27 heavy (non-hydrogen) atoms. The van der Waals surface area contributed by atoms with Crippen LogP contribution in [0.25, 0.3) is 5.69 Å². The standard InChI is InChI=1S/C20H22N4O2S/c1-14(2)17-6-4-5-7-18(17)22-19(25)12-27-20-23-21-13-24(20)15-8-10-16(26-3)11-9-15/h4-11,13-14H,12H2,1-3H3,(H,22,25). The molecule has 3 rings (SSSR count). The van der Waals surface area contributed by atoms with E-state index in [1.54, 1.807) is 13.4 Å². The van der Waals surface area contributed by atoms with Crippen LogP contribution in [0.2, 0.25) is 0 Å². The van der Waals surface area contributed by atoms with Gasteiger partial charge in [-0.3, -0.25) is 9.36 Å². The first kappa shape index (κ1) is 19.0. The maximum atomic E-state index is 12.4. The van der Waals surface area contributed by atoms with Crippen molar-refractivity contribution in [3.63, 3.8) is 0 Å². The molecule has 0 aliphatic heterocycles. The van der Waals surface area contributed by atoms with Crippen molar-refractivity contribution in [1.29, 1.82) is 0 Å². The number of carbonyl (C=O) groups excluding carboxylic acids is 1. The molecular weight excluding hydrogens is 360 g/mol. The molecule has 0 bridgehead atoms. The normalized spacial score (nSPS) is 10.8. The van der Waals surface area contributed by atoms with Gasteiger partial charge < -0.3 is 10.1 Å². The monoisotopic (exact) mass is 382 g/mol. The highest BCUT2D eigenvalue weighted by molar-refractivity contribution is 7.99. The quantitative estimate of drug-likeness (QED) is 0.622. The lowest BCUT2D eigenvalue weighted by atomic mass is 10.0. The summed E-state index contributed by atoms with van der Waals surface area (Å²) in [6.07, 6.45) is 1.64. The molecule has 1 aromatic heterocycles. The number of aromatic nitrogens is 3. The van der Waals surface area contributed by atoms with Gasteiger partial charge >= 0.3 is 0 Å². The topological polar surface area (TPSA) is 69.0 Å². The summed E-state index contributed by atoms with van der Waals surface area (Å²) in [5, 5.41) is 11.7. The van der Waals surface area contributed by atoms with Crippen LogP contribution in [-0.4, -0.2) is 33.5 Å². The minimum atomic E-state index is -0.0719. The molecule has 0 unspecified atom stereocenters. The Morgan fingerprint density at radius 2 is 1.93 bits per heavy atom. The van der Waals surface area contributed by atoms with E-state index in [0.29, 0.717) is 11.1 Å². The molecule has 0 saturated heterocycles. The second-order valence-corrected chi connectivity index (χ2v) is 7.20. The van der Waals surface area contributed by atoms with Gasteiger partial charge in [0.05, 0.1) is 12.9 Å². The minimum Gasteiger partial charge on any atom is -0.497 e. The maximum Gasteiger partial charge on any atom is 0.234 e. The third kappa shape index (κ3) is 4.68. The van der Waals surface area contributed by atoms with Gasteiger partial charge in [-0.2, -0.15) is 0 Å². The number of benzene rings is 2. The number of ether oxygens (including phenoxy) is 1. The zero-order valence-corrected chi connectivity index (χ0v) is 16.4. The molecule has 0 atom stereocenters. The largest absolute Gasteiger partial charge is 0.497 e. The van der Waals surface area contributed by atoms with E-state index >= 15 is 0 Å². The zero-order valence-electron chi connectivity index (χ0n) is 15.5. The Morgan fingerprint density at radius 1 is 1.19 bits per heavy atom. The highest BCUT2D eigenvalue weighted by Crippen LogP contribution is 2.25. The molecule has 1 N–H and O–H groups in total. The van der Waals surface area contributed by atoms with Crippen molar-refractivity contribution >= 4 is 23.4 Å². The smallest absolute Gasteiger partial charge is 0.234 e. The number of thioether (sulfide) groups is 1. The summed E-state index contributed by atoms with van der Waals surface area (Å²) < 4.78 is 7.03. The second kappa shape index (κ2) is 8.73. The average molecular weight is 382 g/mol. The van der Waals surface area contributed by atoms with Crippen LogP contribution in [0.5, 0.6) is 5.75 Å². The number of nitrogens with zero attached hydrogens (tertiary/aromatic N) is 3. The van der Waals surface area contributed by atoms with Crippen LogP contribution in [0.3, 0.4) is 0 Å². The van der Waals surface area contributed by atoms with Gasteiger partial charge in [-0.05, 0) is 41.8 Å². The van der Waals surface area contributed by atoms with Gasteiger partial charge in [-0.15, -0.1) is 10.2 Å². The Hall–Kier alpha value is -2.80. The number of para-hydroxylation sites is 1. The Balaban J connectivity index is 1.66. The molecule has 6 nitrogen and oxygen atoms in total. The summed E-state index contributed by atoms with van der Waals surface area (Å²) in [5.41, 5.74) is 2.89. The predicted octanol–water partition coefficient (Wildman–Crippen LogP) is 4.13. The van der Waals surface area contributed by atoms with E-state index in [9.17, 15) is 4.79 Å². The molecule has 1 amide bonds. The third-order valence-corrected chi connectivity index (χ3v) is 5.00. The zero-order chi connectivity index (χ0) is 19.2. The second-order valence-electron chi connectivity index (χ2n) is 6.26. The van der Waals surface area contributed by atoms with Gasteiger partial charge in [-0.25, -0.2) is 0 Å². The van der Waals surface area contributed by atoms with Crippen LogP contribution in [0, 0.1) is 0 Å². The summed E-state index contributed by atoms with van der Waals surface area (Å²) in [6, 6.07) is 15.5. The van der Waals surface area contributed by atoms with Crippen molar-refractivity contribution in [2.45, 2.75) is 24.9 Å². The lowest BCUT2D eigenvalue weighted by Gasteiger charge is -2.13. The van der Waals surface area contributed by atoms with Crippen LogP contribution < -0.4 is 10.1 Å². The van der Waals surface area contributed by atoms with Crippen molar-refractivity contribution < 1.29 is 9.53 Å². The average Bonchev–Trinajstić information content (AvgIpc) is 3.15. The van der Waals surface area contributed by atoms with E-state index in [2.05, 4.69) is 29.4 Å². The number of hydrogen-bond acceptors (Lipinski definition) is 5. The van der Waals surface area contributed by atoms with Gasteiger partial charge in [-0.1, -0.05) is 43.8 Å². The molecule has 140 valence electrons. The van der Waals surface area contributed by atoms with E-state index in [1.165, 1.54) is 11.8 Å². The highest BCUT2D eigenvalue weighted by Gasteiger charge is 2.12. The molecule has 3 aromatic rings. The van der Waals surface area contributed by atoms with Crippen molar-refractivity contribution in [3.05, 3.63) is 60.4 Å². The summed E-state index contributed by atoms with van der Waals surface area (Å²) >= 11 is 1.35. The lowest BCUT2D eigenvalue weighted by Crippen LogP contribution is -2.16. The fraction of sp³-hybridized carbons (Fsp3) is 0.250. The van der Waals surface area contributed by atoms with Crippen LogP contribution in [-0.2, 0) is 4.79 Å². The summed E-state index contributed by atoms with van der Waals surface area (Å²) in [5.74, 6) is 1.30. The van der Waals surface area contributed by atoms with E-state index in [-0.39, 0.29) is 11.7 Å². The van der Waals surface area contributed by atoms with Crippen LogP contribution in [0.15, 0.2) is 60.0 Å². The molecule has 1 heterocycles. The van der Waals surface area contributed by atoms with Gasteiger partial charge in [0, 0.05) is 11.4 Å². The SMILES string of the molecule is COc1ccc(-n2cnnc2SCC(=O)Nc2ccccc2C(C)C)cc1. The molecule has 0 saturated carbocycles. The Labute approximate surface area is 163 Å².